The van der Waals surface area contributed by atoms with Crippen LogP contribution in [0.2, 0.25) is 0 Å². The third kappa shape index (κ3) is 2.99. The Hall–Kier alpha value is -1.10. The van der Waals surface area contributed by atoms with Crippen LogP contribution in [0.5, 0.6) is 0 Å². The van der Waals surface area contributed by atoms with Crippen LogP contribution in [0.15, 0.2) is 18.3 Å². The lowest BCUT2D eigenvalue weighted by Crippen LogP contribution is -2.09. The number of aliphatic hydroxyl groups excluding tert-OH is 1. The molecule has 1 N–H and O–H groups in total. The van der Waals surface area contributed by atoms with E-state index in [9.17, 15) is 13.2 Å². The molecule has 0 spiro atoms. The molecule has 2 nitrogen and oxygen atoms in total. The predicted molar refractivity (Wildman–Crippen MR) is 44.6 cm³/mol. The van der Waals surface area contributed by atoms with Crippen molar-refractivity contribution in [1.29, 1.82) is 0 Å². The van der Waals surface area contributed by atoms with Gasteiger partial charge in [0.05, 0.1) is 11.7 Å². The van der Waals surface area contributed by atoms with Crippen molar-refractivity contribution in [2.24, 2.45) is 0 Å². The van der Waals surface area contributed by atoms with E-state index in [-0.39, 0.29) is 6.42 Å². The van der Waals surface area contributed by atoms with Crippen LogP contribution in [0.3, 0.4) is 0 Å². The Morgan fingerprint density at radius 2 is 2.07 bits per heavy atom. The number of halogens is 3. The highest BCUT2D eigenvalue weighted by molar-refractivity contribution is 5.17. The molecule has 5 heteroatoms. The minimum atomic E-state index is -4.35. The minimum absolute atomic E-state index is 0.262. The van der Waals surface area contributed by atoms with E-state index in [2.05, 4.69) is 4.98 Å². The van der Waals surface area contributed by atoms with E-state index in [0.29, 0.717) is 5.69 Å². The smallest absolute Gasteiger partial charge is 0.393 e. The summed E-state index contributed by atoms with van der Waals surface area (Å²) in [7, 11) is 0. The van der Waals surface area contributed by atoms with Crippen LogP contribution in [0.4, 0.5) is 13.2 Å². The molecule has 1 atom stereocenters. The van der Waals surface area contributed by atoms with Gasteiger partial charge >= 0.3 is 6.18 Å². The molecule has 1 aromatic heterocycles. The van der Waals surface area contributed by atoms with E-state index in [1.807, 2.05) is 0 Å². The fourth-order valence-electron chi connectivity index (χ4n) is 1.02. The molecule has 0 fully saturated rings. The average molecular weight is 205 g/mol. The number of aliphatic hydroxyl groups is 1. The highest BCUT2D eigenvalue weighted by Gasteiger charge is 2.30. The van der Waals surface area contributed by atoms with E-state index >= 15 is 0 Å². The summed E-state index contributed by atoms with van der Waals surface area (Å²) in [6.45, 7) is 1.55. The minimum Gasteiger partial charge on any atom is -0.393 e. The Kier molecular flexibility index (Phi) is 3.10. The van der Waals surface area contributed by atoms with Gasteiger partial charge in [0.15, 0.2) is 0 Å². The molecule has 0 saturated carbocycles. The molecule has 78 valence electrons. The maximum atomic E-state index is 12.1. The van der Waals surface area contributed by atoms with E-state index in [1.54, 1.807) is 6.92 Å². The first-order chi connectivity index (χ1) is 6.39. The standard InChI is InChI=1S/C9H10F3NO/c1-6(14)4-8-3-2-7(5-13-8)9(10,11)12/h2-3,5-6,14H,4H2,1H3. The fraction of sp³-hybridized carbons (Fsp3) is 0.444. The molecule has 0 aliphatic heterocycles. The number of nitrogens with zero attached hydrogens (tertiary/aromatic N) is 1. The van der Waals surface area contributed by atoms with E-state index in [4.69, 9.17) is 5.11 Å². The van der Waals surface area contributed by atoms with Gasteiger partial charge in [-0.15, -0.1) is 0 Å². The van der Waals surface area contributed by atoms with Gasteiger partial charge in [-0.3, -0.25) is 4.98 Å². The predicted octanol–water partition coefficient (Wildman–Crippen LogP) is 2.02. The van der Waals surface area contributed by atoms with Gasteiger partial charge in [0.1, 0.15) is 0 Å². The van der Waals surface area contributed by atoms with Crippen molar-refractivity contribution in [3.8, 4) is 0 Å². The number of alkyl halides is 3. The lowest BCUT2D eigenvalue weighted by Gasteiger charge is -2.07. The number of rotatable bonds is 2. The lowest BCUT2D eigenvalue weighted by atomic mass is 10.2. The highest BCUT2D eigenvalue weighted by Crippen LogP contribution is 2.28. The summed E-state index contributed by atoms with van der Waals surface area (Å²) in [4.78, 5) is 3.61. The second-order valence-corrected chi connectivity index (χ2v) is 3.09. The van der Waals surface area contributed by atoms with Crippen LogP contribution in [0.1, 0.15) is 18.2 Å². The largest absolute Gasteiger partial charge is 0.417 e. The Bertz CT molecular complexity index is 292. The Labute approximate surface area is 79.4 Å². The molecule has 1 unspecified atom stereocenters. The Morgan fingerprint density at radius 3 is 2.43 bits per heavy atom. The summed E-state index contributed by atoms with van der Waals surface area (Å²) in [6.07, 6.45) is -3.91. The molecule has 0 amide bonds. The van der Waals surface area contributed by atoms with Gasteiger partial charge < -0.3 is 5.11 Å². The zero-order chi connectivity index (χ0) is 10.8. The molecular weight excluding hydrogens is 195 g/mol. The van der Waals surface area contributed by atoms with Crippen LogP contribution in [-0.4, -0.2) is 16.2 Å². The Balaban J connectivity index is 2.79. The number of pyridine rings is 1. The van der Waals surface area contributed by atoms with Crippen LogP contribution < -0.4 is 0 Å². The van der Waals surface area contributed by atoms with Crippen LogP contribution in [0, 0.1) is 0 Å². The van der Waals surface area contributed by atoms with Crippen molar-refractivity contribution in [3.05, 3.63) is 29.6 Å². The van der Waals surface area contributed by atoms with Crippen molar-refractivity contribution in [3.63, 3.8) is 0 Å². The first kappa shape index (κ1) is 11.0. The number of aromatic nitrogens is 1. The molecule has 1 rings (SSSR count). The lowest BCUT2D eigenvalue weighted by molar-refractivity contribution is -0.137. The van der Waals surface area contributed by atoms with Crippen molar-refractivity contribution in [2.45, 2.75) is 25.6 Å². The van der Waals surface area contributed by atoms with Gasteiger partial charge in [-0.1, -0.05) is 0 Å². The molecule has 1 aromatic rings. The highest BCUT2D eigenvalue weighted by atomic mass is 19.4. The topological polar surface area (TPSA) is 33.1 Å². The maximum Gasteiger partial charge on any atom is 0.417 e. The summed E-state index contributed by atoms with van der Waals surface area (Å²) in [6, 6.07) is 2.24. The third-order valence-electron chi connectivity index (χ3n) is 1.66. The molecule has 0 bridgehead atoms. The maximum absolute atomic E-state index is 12.1. The van der Waals surface area contributed by atoms with Crippen molar-refractivity contribution < 1.29 is 18.3 Å². The van der Waals surface area contributed by atoms with Crippen LogP contribution in [0.25, 0.3) is 0 Å². The molecule has 0 radical (unpaired) electrons. The number of hydrogen-bond acceptors (Lipinski definition) is 2. The van der Waals surface area contributed by atoms with Crippen molar-refractivity contribution in [1.82, 2.24) is 4.98 Å². The summed E-state index contributed by atoms with van der Waals surface area (Å²) in [5.41, 5.74) is -0.320. The first-order valence-electron chi connectivity index (χ1n) is 4.10. The van der Waals surface area contributed by atoms with Crippen molar-refractivity contribution in [2.75, 3.05) is 0 Å². The van der Waals surface area contributed by atoms with Gasteiger partial charge in [0.25, 0.3) is 0 Å². The molecule has 1 heterocycles. The van der Waals surface area contributed by atoms with Gasteiger partial charge in [0.2, 0.25) is 0 Å². The fourth-order valence-corrected chi connectivity index (χ4v) is 1.02. The van der Waals surface area contributed by atoms with Crippen LogP contribution >= 0.6 is 0 Å². The summed E-state index contributed by atoms with van der Waals surface area (Å²) in [5.74, 6) is 0. The molecule has 14 heavy (non-hydrogen) atoms. The van der Waals surface area contributed by atoms with E-state index in [1.165, 1.54) is 6.07 Å². The van der Waals surface area contributed by atoms with Crippen LogP contribution in [-0.2, 0) is 12.6 Å². The number of hydrogen-bond donors (Lipinski definition) is 1. The van der Waals surface area contributed by atoms with Gasteiger partial charge in [0, 0.05) is 18.3 Å². The molecule has 0 aromatic carbocycles. The molecule has 0 aliphatic carbocycles. The second kappa shape index (κ2) is 3.96. The quantitative estimate of drug-likeness (QED) is 0.801. The van der Waals surface area contributed by atoms with Gasteiger partial charge in [-0.2, -0.15) is 13.2 Å². The van der Waals surface area contributed by atoms with E-state index in [0.717, 1.165) is 12.3 Å². The monoisotopic (exact) mass is 205 g/mol. The SMILES string of the molecule is CC(O)Cc1ccc(C(F)(F)F)cn1. The zero-order valence-corrected chi connectivity index (χ0v) is 7.54. The van der Waals surface area contributed by atoms with Crippen molar-refractivity contribution >= 4 is 0 Å². The summed E-state index contributed by atoms with van der Waals surface area (Å²) < 4.78 is 36.3. The zero-order valence-electron chi connectivity index (χ0n) is 7.54. The van der Waals surface area contributed by atoms with E-state index < -0.39 is 17.8 Å². The molecular formula is C9H10F3NO. The van der Waals surface area contributed by atoms with Gasteiger partial charge in [-0.05, 0) is 19.1 Å². The normalized spacial score (nSPS) is 14.1. The molecule has 0 aliphatic rings. The summed E-state index contributed by atoms with van der Waals surface area (Å²) >= 11 is 0. The average Bonchev–Trinajstić information content (AvgIpc) is 2.02. The third-order valence-corrected chi connectivity index (χ3v) is 1.66. The first-order valence-corrected chi connectivity index (χ1v) is 4.10. The molecule has 0 saturated heterocycles. The summed E-state index contributed by atoms with van der Waals surface area (Å²) in [5, 5.41) is 8.97. The second-order valence-electron chi connectivity index (χ2n) is 3.09. The van der Waals surface area contributed by atoms with Gasteiger partial charge in [-0.25, -0.2) is 0 Å². The Morgan fingerprint density at radius 1 is 1.43 bits per heavy atom.